The van der Waals surface area contributed by atoms with Gasteiger partial charge in [0.25, 0.3) is 0 Å². The van der Waals surface area contributed by atoms with Gasteiger partial charge in [-0.25, -0.2) is 4.98 Å². The van der Waals surface area contributed by atoms with Gasteiger partial charge in [-0.15, -0.1) is 11.3 Å². The van der Waals surface area contributed by atoms with Crippen LogP contribution >= 0.6 is 11.3 Å². The molecule has 0 amide bonds. The number of rotatable bonds is 5. The Morgan fingerprint density at radius 2 is 2.22 bits per heavy atom. The Balaban J connectivity index is 1.92. The Morgan fingerprint density at radius 1 is 1.39 bits per heavy atom. The molecule has 1 aromatic heterocycles. The van der Waals surface area contributed by atoms with Crippen LogP contribution < -0.4 is 5.32 Å². The molecule has 3 heteroatoms. The maximum absolute atomic E-state index is 4.46. The minimum Gasteiger partial charge on any atom is -0.314 e. The van der Waals surface area contributed by atoms with E-state index >= 15 is 0 Å². The zero-order valence-corrected chi connectivity index (χ0v) is 12.7. The first-order valence-corrected chi connectivity index (χ1v) is 8.15. The molecule has 0 aromatic carbocycles. The Hall–Kier alpha value is -0.410. The summed E-state index contributed by atoms with van der Waals surface area (Å²) in [5, 5.41) is 7.05. The minimum absolute atomic E-state index is 0.602. The zero-order chi connectivity index (χ0) is 13.0. The summed E-state index contributed by atoms with van der Waals surface area (Å²) in [4.78, 5) is 4.46. The van der Waals surface area contributed by atoms with Crippen LogP contribution in [0.4, 0.5) is 0 Å². The molecule has 1 heterocycles. The highest BCUT2D eigenvalue weighted by molar-refractivity contribution is 7.09. The van der Waals surface area contributed by atoms with Crippen molar-refractivity contribution in [3.8, 4) is 0 Å². The maximum atomic E-state index is 4.46. The van der Waals surface area contributed by atoms with Crippen molar-refractivity contribution >= 4 is 11.3 Å². The van der Waals surface area contributed by atoms with E-state index in [4.69, 9.17) is 0 Å². The van der Waals surface area contributed by atoms with Gasteiger partial charge in [-0.1, -0.05) is 27.2 Å². The highest BCUT2D eigenvalue weighted by Gasteiger charge is 2.29. The topological polar surface area (TPSA) is 24.9 Å². The van der Waals surface area contributed by atoms with E-state index in [1.165, 1.54) is 37.2 Å². The van der Waals surface area contributed by atoms with Crippen molar-refractivity contribution in [1.82, 2.24) is 10.3 Å². The van der Waals surface area contributed by atoms with Gasteiger partial charge in [0.15, 0.2) is 0 Å². The largest absolute Gasteiger partial charge is 0.314 e. The Morgan fingerprint density at radius 3 is 2.89 bits per heavy atom. The van der Waals surface area contributed by atoms with Crippen LogP contribution in [0, 0.1) is 17.8 Å². The van der Waals surface area contributed by atoms with Gasteiger partial charge >= 0.3 is 0 Å². The molecular formula is C15H26N2S. The zero-order valence-electron chi connectivity index (χ0n) is 11.9. The molecule has 0 radical (unpaired) electrons. The summed E-state index contributed by atoms with van der Waals surface area (Å²) in [6, 6.07) is 0.602. The Kier molecular flexibility index (Phi) is 5.19. The lowest BCUT2D eigenvalue weighted by Gasteiger charge is -2.35. The molecule has 1 aromatic rings. The van der Waals surface area contributed by atoms with E-state index in [-0.39, 0.29) is 0 Å². The molecule has 2 nitrogen and oxygen atoms in total. The SMILES string of the molecule is CC1CCC(CNC(C)C)C(Cc2nccs2)C1. The Bertz CT molecular complexity index is 334. The van der Waals surface area contributed by atoms with Crippen LogP contribution in [0.1, 0.15) is 45.0 Å². The van der Waals surface area contributed by atoms with Crippen LogP contribution in [-0.4, -0.2) is 17.6 Å². The molecule has 1 aliphatic carbocycles. The average molecular weight is 266 g/mol. The summed E-state index contributed by atoms with van der Waals surface area (Å²) in [5.74, 6) is 2.56. The number of hydrogen-bond acceptors (Lipinski definition) is 3. The lowest BCUT2D eigenvalue weighted by molar-refractivity contribution is 0.181. The second kappa shape index (κ2) is 6.67. The molecule has 0 bridgehead atoms. The van der Waals surface area contributed by atoms with Crippen LogP contribution in [0.3, 0.4) is 0 Å². The van der Waals surface area contributed by atoms with Crippen LogP contribution in [0.2, 0.25) is 0 Å². The summed E-state index contributed by atoms with van der Waals surface area (Å²) in [6.07, 6.45) is 7.29. The third-order valence-electron chi connectivity index (χ3n) is 4.11. The molecule has 2 rings (SSSR count). The van der Waals surface area contributed by atoms with Crippen molar-refractivity contribution in [2.24, 2.45) is 17.8 Å². The number of hydrogen-bond donors (Lipinski definition) is 1. The van der Waals surface area contributed by atoms with Gasteiger partial charge in [-0.3, -0.25) is 0 Å². The molecular weight excluding hydrogens is 240 g/mol. The van der Waals surface area contributed by atoms with E-state index in [0.29, 0.717) is 6.04 Å². The molecule has 18 heavy (non-hydrogen) atoms. The van der Waals surface area contributed by atoms with E-state index in [9.17, 15) is 0 Å². The van der Waals surface area contributed by atoms with E-state index in [1.807, 2.05) is 17.5 Å². The first kappa shape index (κ1) is 14.0. The molecule has 1 aliphatic rings. The van der Waals surface area contributed by atoms with Gasteiger partial charge in [-0.2, -0.15) is 0 Å². The molecule has 0 spiro atoms. The highest BCUT2D eigenvalue weighted by Crippen LogP contribution is 2.35. The van der Waals surface area contributed by atoms with Crippen molar-refractivity contribution in [2.75, 3.05) is 6.54 Å². The van der Waals surface area contributed by atoms with Crippen LogP contribution in [0.25, 0.3) is 0 Å². The molecule has 1 fully saturated rings. The first-order chi connectivity index (χ1) is 8.65. The lowest BCUT2D eigenvalue weighted by Crippen LogP contribution is -2.36. The molecule has 102 valence electrons. The molecule has 3 atom stereocenters. The number of nitrogens with one attached hydrogen (secondary N) is 1. The monoisotopic (exact) mass is 266 g/mol. The van der Waals surface area contributed by atoms with Crippen molar-refractivity contribution < 1.29 is 0 Å². The third kappa shape index (κ3) is 4.06. The fourth-order valence-corrected chi connectivity index (χ4v) is 3.76. The fraction of sp³-hybridized carbons (Fsp3) is 0.800. The first-order valence-electron chi connectivity index (χ1n) is 7.27. The summed E-state index contributed by atoms with van der Waals surface area (Å²) >= 11 is 1.81. The van der Waals surface area contributed by atoms with Crippen LogP contribution in [0.15, 0.2) is 11.6 Å². The number of aromatic nitrogens is 1. The fourth-order valence-electron chi connectivity index (χ4n) is 3.05. The molecule has 3 unspecified atom stereocenters. The van der Waals surface area contributed by atoms with E-state index in [2.05, 4.69) is 36.5 Å². The van der Waals surface area contributed by atoms with Crippen molar-refractivity contribution in [3.05, 3.63) is 16.6 Å². The molecule has 1 saturated carbocycles. The van der Waals surface area contributed by atoms with E-state index in [1.54, 1.807) is 0 Å². The lowest BCUT2D eigenvalue weighted by atomic mass is 9.73. The predicted octanol–water partition coefficient (Wildman–Crippen LogP) is 3.74. The number of nitrogens with zero attached hydrogens (tertiary/aromatic N) is 1. The van der Waals surface area contributed by atoms with Crippen LogP contribution in [-0.2, 0) is 6.42 Å². The standard InChI is InChI=1S/C15H26N2S/c1-11(2)17-10-13-5-4-12(3)8-14(13)9-15-16-6-7-18-15/h6-7,11-14,17H,4-5,8-10H2,1-3H3. The van der Waals surface area contributed by atoms with Gasteiger partial charge in [0.1, 0.15) is 0 Å². The summed E-state index contributed by atoms with van der Waals surface area (Å²) in [5.41, 5.74) is 0. The van der Waals surface area contributed by atoms with Gasteiger partial charge in [0.05, 0.1) is 5.01 Å². The maximum Gasteiger partial charge on any atom is 0.0927 e. The highest BCUT2D eigenvalue weighted by atomic mass is 32.1. The molecule has 1 N–H and O–H groups in total. The van der Waals surface area contributed by atoms with Crippen molar-refractivity contribution in [3.63, 3.8) is 0 Å². The minimum atomic E-state index is 0.602. The predicted molar refractivity (Wildman–Crippen MR) is 79.0 cm³/mol. The molecule has 0 aliphatic heterocycles. The quantitative estimate of drug-likeness (QED) is 0.878. The van der Waals surface area contributed by atoms with Gasteiger partial charge in [0, 0.05) is 24.0 Å². The van der Waals surface area contributed by atoms with Gasteiger partial charge in [0.2, 0.25) is 0 Å². The van der Waals surface area contributed by atoms with Crippen LogP contribution in [0.5, 0.6) is 0 Å². The second-order valence-corrected chi connectivity index (χ2v) is 7.11. The summed E-state index contributed by atoms with van der Waals surface area (Å²) in [6.45, 7) is 8.06. The Labute approximate surface area is 115 Å². The summed E-state index contributed by atoms with van der Waals surface area (Å²) in [7, 11) is 0. The molecule has 0 saturated heterocycles. The van der Waals surface area contributed by atoms with Gasteiger partial charge in [-0.05, 0) is 37.1 Å². The van der Waals surface area contributed by atoms with Crippen molar-refractivity contribution in [1.29, 1.82) is 0 Å². The summed E-state index contributed by atoms with van der Waals surface area (Å²) < 4.78 is 0. The van der Waals surface area contributed by atoms with E-state index < -0.39 is 0 Å². The normalized spacial score (nSPS) is 28.8. The van der Waals surface area contributed by atoms with Gasteiger partial charge < -0.3 is 5.32 Å². The average Bonchev–Trinajstić information content (AvgIpc) is 2.80. The van der Waals surface area contributed by atoms with E-state index in [0.717, 1.165) is 17.8 Å². The smallest absolute Gasteiger partial charge is 0.0927 e. The number of thiazole rings is 1. The third-order valence-corrected chi connectivity index (χ3v) is 4.91. The van der Waals surface area contributed by atoms with Crippen molar-refractivity contribution in [2.45, 2.75) is 52.5 Å². The second-order valence-electron chi connectivity index (χ2n) is 6.13.